The number of hydrogen-bond acceptors (Lipinski definition) is 4. The minimum atomic E-state index is -0.902. The summed E-state index contributed by atoms with van der Waals surface area (Å²) in [7, 11) is 0. The average Bonchev–Trinajstić information content (AvgIpc) is 3.19. The SMILES string of the molecule is O=C(CCc1ccccc1)C1=C(O)C(=O)N(c2ccc(F)cc2)C1c1cccc(Oc2ccccc2)c1. The highest BCUT2D eigenvalue weighted by molar-refractivity contribution is 6.16. The quantitative estimate of drug-likeness (QED) is 0.296. The Morgan fingerprint density at radius 3 is 2.19 bits per heavy atom. The van der Waals surface area contributed by atoms with Crippen LogP contribution < -0.4 is 9.64 Å². The van der Waals surface area contributed by atoms with E-state index >= 15 is 0 Å². The van der Waals surface area contributed by atoms with E-state index in [1.807, 2.05) is 60.7 Å². The first-order chi connectivity index (χ1) is 18.0. The number of Topliss-reactive ketones (excluding diaryl/α,β-unsaturated/α-hetero) is 1. The molecule has 1 N–H and O–H groups in total. The molecule has 0 saturated carbocycles. The van der Waals surface area contributed by atoms with Gasteiger partial charge in [0.1, 0.15) is 17.3 Å². The number of ketones is 1. The lowest BCUT2D eigenvalue weighted by Gasteiger charge is -2.27. The van der Waals surface area contributed by atoms with Crippen LogP contribution in [0.5, 0.6) is 11.5 Å². The topological polar surface area (TPSA) is 66.8 Å². The molecule has 6 heteroatoms. The van der Waals surface area contributed by atoms with Crippen LogP contribution in [0.2, 0.25) is 0 Å². The van der Waals surface area contributed by atoms with Gasteiger partial charge in [0, 0.05) is 12.1 Å². The fraction of sp³-hybridized carbons (Fsp3) is 0.0968. The molecule has 1 unspecified atom stereocenters. The number of aliphatic hydroxyl groups is 1. The van der Waals surface area contributed by atoms with Crippen LogP contribution in [0.25, 0.3) is 0 Å². The normalized spacial score (nSPS) is 15.2. The lowest BCUT2D eigenvalue weighted by molar-refractivity contribution is -0.118. The molecule has 5 nitrogen and oxygen atoms in total. The molecule has 0 radical (unpaired) electrons. The number of aryl methyl sites for hydroxylation is 1. The Hall–Kier alpha value is -4.71. The van der Waals surface area contributed by atoms with Crippen LogP contribution in [0.4, 0.5) is 10.1 Å². The van der Waals surface area contributed by atoms with Crippen LogP contribution in [0.3, 0.4) is 0 Å². The third-order valence-corrected chi connectivity index (χ3v) is 6.25. The lowest BCUT2D eigenvalue weighted by Crippen LogP contribution is -2.31. The number of para-hydroxylation sites is 1. The monoisotopic (exact) mass is 493 g/mol. The summed E-state index contributed by atoms with van der Waals surface area (Å²) in [5, 5.41) is 10.9. The third-order valence-electron chi connectivity index (χ3n) is 6.25. The molecule has 0 fully saturated rings. The summed E-state index contributed by atoms with van der Waals surface area (Å²) in [6.45, 7) is 0. The number of anilines is 1. The van der Waals surface area contributed by atoms with E-state index in [9.17, 15) is 19.1 Å². The zero-order valence-electron chi connectivity index (χ0n) is 19.9. The zero-order chi connectivity index (χ0) is 25.8. The molecule has 1 amide bonds. The molecule has 1 aliphatic rings. The van der Waals surface area contributed by atoms with E-state index in [0.717, 1.165) is 5.56 Å². The summed E-state index contributed by atoms with van der Waals surface area (Å²) < 4.78 is 19.6. The van der Waals surface area contributed by atoms with Gasteiger partial charge in [0.15, 0.2) is 11.5 Å². The van der Waals surface area contributed by atoms with Crippen molar-refractivity contribution in [2.45, 2.75) is 18.9 Å². The molecule has 4 aromatic rings. The summed E-state index contributed by atoms with van der Waals surface area (Å²) in [6.07, 6.45) is 0.579. The van der Waals surface area contributed by atoms with Gasteiger partial charge in [0.25, 0.3) is 5.91 Å². The van der Waals surface area contributed by atoms with Gasteiger partial charge in [-0.25, -0.2) is 4.39 Å². The van der Waals surface area contributed by atoms with Gasteiger partial charge >= 0.3 is 0 Å². The van der Waals surface area contributed by atoms with Gasteiger partial charge in [-0.05, 0) is 66.1 Å². The number of rotatable bonds is 8. The van der Waals surface area contributed by atoms with Gasteiger partial charge in [-0.2, -0.15) is 0 Å². The van der Waals surface area contributed by atoms with Gasteiger partial charge in [0.05, 0.1) is 11.6 Å². The molecule has 0 bridgehead atoms. The van der Waals surface area contributed by atoms with Gasteiger partial charge in [0.2, 0.25) is 0 Å². The number of carbonyl (C=O) groups excluding carboxylic acids is 2. The largest absolute Gasteiger partial charge is 0.503 e. The number of halogens is 1. The predicted molar refractivity (Wildman–Crippen MR) is 139 cm³/mol. The maximum Gasteiger partial charge on any atom is 0.294 e. The van der Waals surface area contributed by atoms with E-state index in [0.29, 0.717) is 29.2 Å². The molecule has 5 rings (SSSR count). The maximum absolute atomic E-state index is 13.7. The molecule has 1 atom stereocenters. The van der Waals surface area contributed by atoms with E-state index in [1.54, 1.807) is 24.3 Å². The van der Waals surface area contributed by atoms with E-state index in [2.05, 4.69) is 0 Å². The third kappa shape index (κ3) is 5.14. The van der Waals surface area contributed by atoms with Crippen molar-refractivity contribution >= 4 is 17.4 Å². The van der Waals surface area contributed by atoms with Gasteiger partial charge in [-0.3, -0.25) is 14.5 Å². The van der Waals surface area contributed by atoms with Crippen molar-refractivity contribution in [3.8, 4) is 11.5 Å². The highest BCUT2D eigenvalue weighted by Crippen LogP contribution is 2.42. The Morgan fingerprint density at radius 2 is 1.49 bits per heavy atom. The van der Waals surface area contributed by atoms with E-state index < -0.39 is 23.5 Å². The van der Waals surface area contributed by atoms with Crippen molar-refractivity contribution in [3.63, 3.8) is 0 Å². The van der Waals surface area contributed by atoms with Crippen LogP contribution in [0.15, 0.2) is 121 Å². The first kappa shape index (κ1) is 24.0. The first-order valence-electron chi connectivity index (χ1n) is 11.9. The fourth-order valence-electron chi connectivity index (χ4n) is 4.48. The molecule has 4 aromatic carbocycles. The van der Waals surface area contributed by atoms with E-state index in [1.165, 1.54) is 29.2 Å². The van der Waals surface area contributed by atoms with Crippen LogP contribution in [-0.4, -0.2) is 16.8 Å². The van der Waals surface area contributed by atoms with Gasteiger partial charge < -0.3 is 9.84 Å². The summed E-state index contributed by atoms with van der Waals surface area (Å²) in [5.41, 5.74) is 1.94. The molecule has 0 spiro atoms. The number of carbonyl (C=O) groups is 2. The summed E-state index contributed by atoms with van der Waals surface area (Å²) in [4.78, 5) is 28.1. The van der Waals surface area contributed by atoms with Crippen LogP contribution in [0, 0.1) is 5.82 Å². The number of aliphatic hydroxyl groups excluding tert-OH is 1. The molecule has 0 aromatic heterocycles. The second-order valence-electron chi connectivity index (χ2n) is 8.71. The van der Waals surface area contributed by atoms with Crippen molar-refractivity contribution in [1.82, 2.24) is 0 Å². The summed E-state index contributed by atoms with van der Waals surface area (Å²) >= 11 is 0. The maximum atomic E-state index is 13.7. The lowest BCUT2D eigenvalue weighted by atomic mass is 9.93. The molecule has 0 saturated heterocycles. The number of amides is 1. The van der Waals surface area contributed by atoms with E-state index in [4.69, 9.17) is 4.74 Å². The van der Waals surface area contributed by atoms with E-state index in [-0.39, 0.29) is 17.8 Å². The highest BCUT2D eigenvalue weighted by Gasteiger charge is 2.44. The zero-order valence-corrected chi connectivity index (χ0v) is 19.9. The Bertz CT molecular complexity index is 1450. The molecule has 184 valence electrons. The number of hydrogen-bond donors (Lipinski definition) is 1. The molecule has 1 heterocycles. The van der Waals surface area contributed by atoms with Crippen molar-refractivity contribution in [2.75, 3.05) is 4.90 Å². The first-order valence-corrected chi connectivity index (χ1v) is 11.9. The van der Waals surface area contributed by atoms with Crippen molar-refractivity contribution < 1.29 is 23.8 Å². The van der Waals surface area contributed by atoms with Crippen LogP contribution in [0.1, 0.15) is 23.6 Å². The minimum absolute atomic E-state index is 0.0158. The molecule has 0 aliphatic carbocycles. The minimum Gasteiger partial charge on any atom is -0.503 e. The average molecular weight is 494 g/mol. The molecule has 1 aliphatic heterocycles. The summed E-state index contributed by atoms with van der Waals surface area (Å²) in [6, 6.07) is 30.3. The highest BCUT2D eigenvalue weighted by atomic mass is 19.1. The second kappa shape index (κ2) is 10.5. The molecule has 37 heavy (non-hydrogen) atoms. The molecular weight excluding hydrogens is 469 g/mol. The van der Waals surface area contributed by atoms with Gasteiger partial charge in [-0.15, -0.1) is 0 Å². The second-order valence-corrected chi connectivity index (χ2v) is 8.71. The van der Waals surface area contributed by atoms with Crippen molar-refractivity contribution in [3.05, 3.63) is 137 Å². The van der Waals surface area contributed by atoms with Crippen molar-refractivity contribution in [2.24, 2.45) is 0 Å². The Morgan fingerprint density at radius 1 is 0.838 bits per heavy atom. The fourth-order valence-corrected chi connectivity index (χ4v) is 4.48. The standard InChI is InChI=1S/C31H24FNO4/c32-23-15-17-24(18-16-23)33-29(22-10-7-13-26(20-22)37-25-11-5-2-6-12-25)28(30(35)31(33)36)27(34)19-14-21-8-3-1-4-9-21/h1-13,15-18,20,29,35H,14,19H2. The number of ether oxygens (including phenoxy) is 1. The number of benzene rings is 4. The molecular formula is C31H24FNO4. The predicted octanol–water partition coefficient (Wildman–Crippen LogP) is 6.72. The van der Waals surface area contributed by atoms with Gasteiger partial charge in [-0.1, -0.05) is 60.7 Å². The Kier molecular flexibility index (Phi) is 6.81. The van der Waals surface area contributed by atoms with Crippen LogP contribution >= 0.6 is 0 Å². The summed E-state index contributed by atoms with van der Waals surface area (Å²) in [5.74, 6) is -0.955. The Balaban J connectivity index is 1.52. The van der Waals surface area contributed by atoms with Crippen LogP contribution in [-0.2, 0) is 16.0 Å². The van der Waals surface area contributed by atoms with Crippen molar-refractivity contribution in [1.29, 1.82) is 0 Å². The Labute approximate surface area is 214 Å². The smallest absolute Gasteiger partial charge is 0.294 e. The number of nitrogens with zero attached hydrogens (tertiary/aromatic N) is 1.